The number of ether oxygens (including phenoxy) is 2. The van der Waals surface area contributed by atoms with Crippen LogP contribution in [0.25, 0.3) is 0 Å². The second-order valence-corrected chi connectivity index (χ2v) is 5.68. The van der Waals surface area contributed by atoms with Gasteiger partial charge in [0.05, 0.1) is 6.10 Å². The van der Waals surface area contributed by atoms with Gasteiger partial charge in [0.25, 0.3) is 0 Å². The minimum absolute atomic E-state index is 0.0353. The molecule has 0 bridgehead atoms. The highest BCUT2D eigenvalue weighted by Crippen LogP contribution is 2.25. The lowest BCUT2D eigenvalue weighted by molar-refractivity contribution is -0.00987. The zero-order valence-electron chi connectivity index (χ0n) is 11.2. The molecule has 0 aromatic rings. The van der Waals surface area contributed by atoms with Crippen LogP contribution in [0, 0.1) is 0 Å². The highest BCUT2D eigenvalue weighted by atomic mass is 16.5. The van der Waals surface area contributed by atoms with Crippen molar-refractivity contribution in [2.24, 2.45) is 5.73 Å². The van der Waals surface area contributed by atoms with E-state index in [0.29, 0.717) is 12.1 Å². The summed E-state index contributed by atoms with van der Waals surface area (Å²) in [7, 11) is 1.82. The SMILES string of the molecule is COC1CCN(CC2(N)CCOCC2)C(C)C1. The third kappa shape index (κ3) is 3.41. The van der Waals surface area contributed by atoms with Crippen molar-refractivity contribution in [1.82, 2.24) is 4.90 Å². The topological polar surface area (TPSA) is 47.7 Å². The van der Waals surface area contributed by atoms with Gasteiger partial charge in [-0.25, -0.2) is 0 Å². The van der Waals surface area contributed by atoms with E-state index in [1.165, 1.54) is 0 Å². The normalized spacial score (nSPS) is 34.8. The Balaban J connectivity index is 1.86. The molecule has 2 atom stereocenters. The second-order valence-electron chi connectivity index (χ2n) is 5.68. The Hall–Kier alpha value is -0.160. The minimum atomic E-state index is -0.0353. The summed E-state index contributed by atoms with van der Waals surface area (Å²) in [5, 5.41) is 0. The summed E-state index contributed by atoms with van der Waals surface area (Å²) in [6.45, 7) is 6.04. The fraction of sp³-hybridized carbons (Fsp3) is 1.00. The van der Waals surface area contributed by atoms with Gasteiger partial charge in [0.15, 0.2) is 0 Å². The van der Waals surface area contributed by atoms with Gasteiger partial charge in [-0.3, -0.25) is 4.90 Å². The van der Waals surface area contributed by atoms with Crippen LogP contribution < -0.4 is 5.73 Å². The van der Waals surface area contributed by atoms with E-state index in [1.54, 1.807) is 0 Å². The maximum atomic E-state index is 6.47. The first-order valence-electron chi connectivity index (χ1n) is 6.76. The summed E-state index contributed by atoms with van der Waals surface area (Å²) in [6.07, 6.45) is 4.68. The molecule has 2 rings (SSSR count). The van der Waals surface area contributed by atoms with E-state index in [0.717, 1.165) is 52.0 Å². The predicted octanol–water partition coefficient (Wildman–Crippen LogP) is 0.994. The molecule has 0 aliphatic carbocycles. The third-order valence-corrected chi connectivity index (χ3v) is 4.31. The molecule has 0 amide bonds. The van der Waals surface area contributed by atoms with Crippen LogP contribution in [-0.2, 0) is 9.47 Å². The summed E-state index contributed by atoms with van der Waals surface area (Å²) in [4.78, 5) is 2.53. The molecule has 2 unspecified atom stereocenters. The monoisotopic (exact) mass is 242 g/mol. The number of nitrogens with zero attached hydrogens (tertiary/aromatic N) is 1. The quantitative estimate of drug-likeness (QED) is 0.802. The molecule has 4 heteroatoms. The van der Waals surface area contributed by atoms with Gasteiger partial charge < -0.3 is 15.2 Å². The largest absolute Gasteiger partial charge is 0.381 e. The molecule has 0 aromatic carbocycles. The van der Waals surface area contributed by atoms with E-state index >= 15 is 0 Å². The zero-order chi connectivity index (χ0) is 12.3. The number of hydrogen-bond donors (Lipinski definition) is 1. The van der Waals surface area contributed by atoms with Gasteiger partial charge in [0.1, 0.15) is 0 Å². The number of rotatable bonds is 3. The number of hydrogen-bond acceptors (Lipinski definition) is 4. The third-order valence-electron chi connectivity index (χ3n) is 4.31. The lowest BCUT2D eigenvalue weighted by Crippen LogP contribution is -2.57. The molecule has 2 fully saturated rings. The molecule has 100 valence electrons. The standard InChI is InChI=1S/C13H26N2O2/c1-11-9-12(16-2)3-6-15(11)10-13(14)4-7-17-8-5-13/h11-12H,3-10,14H2,1-2H3. The van der Waals surface area contributed by atoms with Gasteiger partial charge in [-0.1, -0.05) is 0 Å². The fourth-order valence-electron chi connectivity index (χ4n) is 2.97. The number of methoxy groups -OCH3 is 1. The first-order chi connectivity index (χ1) is 8.13. The average Bonchev–Trinajstić information content (AvgIpc) is 2.32. The van der Waals surface area contributed by atoms with Crippen LogP contribution in [0.15, 0.2) is 0 Å². The molecular formula is C13H26N2O2. The van der Waals surface area contributed by atoms with Crippen molar-refractivity contribution >= 4 is 0 Å². The lowest BCUT2D eigenvalue weighted by atomic mass is 9.88. The molecule has 4 nitrogen and oxygen atoms in total. The van der Waals surface area contributed by atoms with Crippen LogP contribution in [0.5, 0.6) is 0 Å². The minimum Gasteiger partial charge on any atom is -0.381 e. The van der Waals surface area contributed by atoms with Gasteiger partial charge in [-0.15, -0.1) is 0 Å². The van der Waals surface area contributed by atoms with Gasteiger partial charge in [-0.2, -0.15) is 0 Å². The smallest absolute Gasteiger partial charge is 0.0598 e. The van der Waals surface area contributed by atoms with E-state index in [2.05, 4.69) is 11.8 Å². The molecule has 2 aliphatic rings. The van der Waals surface area contributed by atoms with E-state index in [1.807, 2.05) is 7.11 Å². The van der Waals surface area contributed by atoms with E-state index in [-0.39, 0.29) is 5.54 Å². The predicted molar refractivity (Wildman–Crippen MR) is 68.0 cm³/mol. The Morgan fingerprint density at radius 2 is 2.12 bits per heavy atom. The van der Waals surface area contributed by atoms with Crippen molar-refractivity contribution in [3.05, 3.63) is 0 Å². The first kappa shape index (κ1) is 13.3. The molecule has 0 aromatic heterocycles. The molecule has 2 heterocycles. The van der Waals surface area contributed by atoms with Gasteiger partial charge in [0.2, 0.25) is 0 Å². The molecule has 0 spiro atoms. The van der Waals surface area contributed by atoms with Crippen molar-refractivity contribution in [3.8, 4) is 0 Å². The fourth-order valence-corrected chi connectivity index (χ4v) is 2.97. The van der Waals surface area contributed by atoms with Crippen molar-refractivity contribution in [3.63, 3.8) is 0 Å². The number of nitrogens with two attached hydrogens (primary N) is 1. The summed E-state index contributed by atoms with van der Waals surface area (Å²) >= 11 is 0. The van der Waals surface area contributed by atoms with Crippen LogP contribution in [0.4, 0.5) is 0 Å². The maximum Gasteiger partial charge on any atom is 0.0598 e. The second kappa shape index (κ2) is 5.65. The van der Waals surface area contributed by atoms with E-state index in [9.17, 15) is 0 Å². The summed E-state index contributed by atoms with van der Waals surface area (Å²) in [6, 6.07) is 0.581. The molecular weight excluding hydrogens is 216 g/mol. The number of likely N-dealkylation sites (tertiary alicyclic amines) is 1. The molecule has 2 aliphatic heterocycles. The highest BCUT2D eigenvalue weighted by Gasteiger charge is 2.34. The van der Waals surface area contributed by atoms with Crippen LogP contribution in [0.1, 0.15) is 32.6 Å². The molecule has 0 saturated carbocycles. The highest BCUT2D eigenvalue weighted by molar-refractivity contribution is 4.92. The Bertz CT molecular complexity index is 242. The zero-order valence-corrected chi connectivity index (χ0v) is 11.2. The molecule has 2 N–H and O–H groups in total. The van der Waals surface area contributed by atoms with Crippen LogP contribution in [-0.4, -0.2) is 56.0 Å². The summed E-state index contributed by atoms with van der Waals surface area (Å²) in [5.41, 5.74) is 6.43. The molecule has 0 radical (unpaired) electrons. The Kier molecular flexibility index (Phi) is 4.42. The Morgan fingerprint density at radius 3 is 2.71 bits per heavy atom. The molecule has 17 heavy (non-hydrogen) atoms. The van der Waals surface area contributed by atoms with Gasteiger partial charge in [-0.05, 0) is 32.6 Å². The maximum absolute atomic E-state index is 6.47. The average molecular weight is 242 g/mol. The molecule has 2 saturated heterocycles. The number of piperidine rings is 1. The van der Waals surface area contributed by atoms with Gasteiger partial charge in [0, 0.05) is 45.0 Å². The van der Waals surface area contributed by atoms with Crippen molar-refractivity contribution in [2.75, 3.05) is 33.4 Å². The lowest BCUT2D eigenvalue weighted by Gasteiger charge is -2.43. The van der Waals surface area contributed by atoms with Crippen molar-refractivity contribution in [1.29, 1.82) is 0 Å². The van der Waals surface area contributed by atoms with Crippen LogP contribution in [0.3, 0.4) is 0 Å². The van der Waals surface area contributed by atoms with Crippen molar-refractivity contribution < 1.29 is 9.47 Å². The van der Waals surface area contributed by atoms with Gasteiger partial charge >= 0.3 is 0 Å². The Labute approximate surface area is 104 Å². The Morgan fingerprint density at radius 1 is 1.41 bits per heavy atom. The summed E-state index contributed by atoms with van der Waals surface area (Å²) in [5.74, 6) is 0. The first-order valence-corrected chi connectivity index (χ1v) is 6.76. The summed E-state index contributed by atoms with van der Waals surface area (Å²) < 4.78 is 10.8. The van der Waals surface area contributed by atoms with Crippen LogP contribution in [0.2, 0.25) is 0 Å². The van der Waals surface area contributed by atoms with E-state index < -0.39 is 0 Å². The van der Waals surface area contributed by atoms with E-state index in [4.69, 9.17) is 15.2 Å². The van der Waals surface area contributed by atoms with Crippen molar-refractivity contribution in [2.45, 2.75) is 50.3 Å². The van der Waals surface area contributed by atoms with Crippen LogP contribution >= 0.6 is 0 Å².